The SMILES string of the molecule is CC(O)(CC1CCOc2ccccc21)c1ccc(Br)cc1. The van der Waals surface area contributed by atoms with E-state index in [-0.39, 0.29) is 0 Å². The minimum atomic E-state index is -0.837. The molecule has 0 spiro atoms. The van der Waals surface area contributed by atoms with E-state index in [1.807, 2.05) is 49.4 Å². The molecule has 110 valence electrons. The van der Waals surface area contributed by atoms with E-state index in [2.05, 4.69) is 22.0 Å². The third kappa shape index (κ3) is 3.14. The molecule has 3 rings (SSSR count). The standard InChI is InChI=1S/C18H19BrO2/c1-18(20,14-6-8-15(19)9-7-14)12-13-10-11-21-17-5-3-2-4-16(13)17/h2-9,13,20H,10-12H2,1H3. The van der Waals surface area contributed by atoms with E-state index in [1.54, 1.807) is 0 Å². The average molecular weight is 347 g/mol. The lowest BCUT2D eigenvalue weighted by molar-refractivity contribution is 0.0352. The van der Waals surface area contributed by atoms with Crippen LogP contribution >= 0.6 is 15.9 Å². The van der Waals surface area contributed by atoms with Gasteiger partial charge in [0.1, 0.15) is 5.75 Å². The van der Waals surface area contributed by atoms with Gasteiger partial charge in [0, 0.05) is 4.47 Å². The maximum absolute atomic E-state index is 10.9. The number of fused-ring (bicyclic) bond motifs is 1. The van der Waals surface area contributed by atoms with Crippen molar-refractivity contribution in [2.24, 2.45) is 0 Å². The molecule has 2 aromatic carbocycles. The summed E-state index contributed by atoms with van der Waals surface area (Å²) in [5.41, 5.74) is 1.33. The molecule has 2 aromatic rings. The van der Waals surface area contributed by atoms with Crippen LogP contribution in [0.25, 0.3) is 0 Å². The van der Waals surface area contributed by atoms with Crippen molar-refractivity contribution in [3.05, 3.63) is 64.1 Å². The first-order valence-corrected chi connectivity index (χ1v) is 8.06. The minimum absolute atomic E-state index is 0.327. The fourth-order valence-electron chi connectivity index (χ4n) is 3.03. The Morgan fingerprint density at radius 2 is 1.90 bits per heavy atom. The first-order valence-electron chi connectivity index (χ1n) is 7.26. The van der Waals surface area contributed by atoms with Crippen LogP contribution in [0.4, 0.5) is 0 Å². The third-order valence-corrected chi connectivity index (χ3v) is 4.72. The zero-order valence-electron chi connectivity index (χ0n) is 12.1. The summed E-state index contributed by atoms with van der Waals surface area (Å²) in [7, 11) is 0. The smallest absolute Gasteiger partial charge is 0.122 e. The normalized spacial score (nSPS) is 20.2. The zero-order chi connectivity index (χ0) is 14.9. The summed E-state index contributed by atoms with van der Waals surface area (Å²) in [6.45, 7) is 2.62. The van der Waals surface area contributed by atoms with Crippen molar-refractivity contribution in [1.82, 2.24) is 0 Å². The largest absolute Gasteiger partial charge is 0.493 e. The summed E-state index contributed by atoms with van der Waals surface area (Å²) in [5, 5.41) is 10.9. The number of rotatable bonds is 3. The molecule has 3 heteroatoms. The zero-order valence-corrected chi connectivity index (χ0v) is 13.6. The highest BCUT2D eigenvalue weighted by Gasteiger charge is 2.31. The second-order valence-electron chi connectivity index (χ2n) is 5.86. The molecule has 0 fully saturated rings. The van der Waals surface area contributed by atoms with Gasteiger partial charge in [-0.2, -0.15) is 0 Å². The molecular formula is C18H19BrO2. The van der Waals surface area contributed by atoms with Gasteiger partial charge >= 0.3 is 0 Å². The van der Waals surface area contributed by atoms with Crippen LogP contribution in [0.5, 0.6) is 5.75 Å². The van der Waals surface area contributed by atoms with E-state index in [0.717, 1.165) is 28.8 Å². The predicted molar refractivity (Wildman–Crippen MR) is 87.6 cm³/mol. The van der Waals surface area contributed by atoms with Gasteiger partial charge in [0.25, 0.3) is 0 Å². The highest BCUT2D eigenvalue weighted by atomic mass is 79.9. The molecule has 0 amide bonds. The minimum Gasteiger partial charge on any atom is -0.493 e. The van der Waals surface area contributed by atoms with E-state index in [4.69, 9.17) is 4.74 Å². The van der Waals surface area contributed by atoms with Crippen LogP contribution in [-0.2, 0) is 5.60 Å². The van der Waals surface area contributed by atoms with Gasteiger partial charge in [0.05, 0.1) is 12.2 Å². The predicted octanol–water partition coefficient (Wildman–Crippen LogP) is 4.61. The molecule has 2 nitrogen and oxygen atoms in total. The van der Waals surface area contributed by atoms with Crippen LogP contribution in [0.2, 0.25) is 0 Å². The molecule has 1 heterocycles. The van der Waals surface area contributed by atoms with Gasteiger partial charge in [0.15, 0.2) is 0 Å². The lowest BCUT2D eigenvalue weighted by Crippen LogP contribution is -2.26. The van der Waals surface area contributed by atoms with Crippen molar-refractivity contribution in [2.75, 3.05) is 6.61 Å². The molecule has 0 saturated carbocycles. The Labute approximate surface area is 133 Å². The number of ether oxygens (including phenoxy) is 1. The fraction of sp³-hybridized carbons (Fsp3) is 0.333. The first-order chi connectivity index (χ1) is 10.1. The van der Waals surface area contributed by atoms with Gasteiger partial charge < -0.3 is 9.84 Å². The number of halogens is 1. The van der Waals surface area contributed by atoms with Gasteiger partial charge in [-0.15, -0.1) is 0 Å². The highest BCUT2D eigenvalue weighted by Crippen LogP contribution is 2.41. The van der Waals surface area contributed by atoms with Crippen molar-refractivity contribution in [1.29, 1.82) is 0 Å². The fourth-order valence-corrected chi connectivity index (χ4v) is 3.30. The topological polar surface area (TPSA) is 29.5 Å². The maximum atomic E-state index is 10.9. The molecule has 0 aromatic heterocycles. The lowest BCUT2D eigenvalue weighted by atomic mass is 9.80. The number of benzene rings is 2. The van der Waals surface area contributed by atoms with Gasteiger partial charge in [0.2, 0.25) is 0 Å². The van der Waals surface area contributed by atoms with Crippen LogP contribution in [-0.4, -0.2) is 11.7 Å². The van der Waals surface area contributed by atoms with Gasteiger partial charge in [-0.25, -0.2) is 0 Å². The Morgan fingerprint density at radius 3 is 2.67 bits per heavy atom. The molecule has 0 aliphatic carbocycles. The van der Waals surface area contributed by atoms with E-state index in [0.29, 0.717) is 12.3 Å². The molecule has 2 unspecified atom stereocenters. The highest BCUT2D eigenvalue weighted by molar-refractivity contribution is 9.10. The quantitative estimate of drug-likeness (QED) is 0.878. The Balaban J connectivity index is 1.84. The van der Waals surface area contributed by atoms with E-state index in [9.17, 15) is 5.11 Å². The van der Waals surface area contributed by atoms with Gasteiger partial charge in [-0.1, -0.05) is 46.3 Å². The monoisotopic (exact) mass is 346 g/mol. The Hall–Kier alpha value is -1.32. The summed E-state index contributed by atoms with van der Waals surface area (Å²) in [6, 6.07) is 16.1. The average Bonchev–Trinajstić information content (AvgIpc) is 2.48. The summed E-state index contributed by atoms with van der Waals surface area (Å²) < 4.78 is 6.73. The van der Waals surface area contributed by atoms with Gasteiger partial charge in [-0.3, -0.25) is 0 Å². The Morgan fingerprint density at radius 1 is 1.19 bits per heavy atom. The van der Waals surface area contributed by atoms with E-state index >= 15 is 0 Å². The van der Waals surface area contributed by atoms with Crippen LogP contribution < -0.4 is 4.74 Å². The van der Waals surface area contributed by atoms with Crippen molar-refractivity contribution in [3.8, 4) is 5.75 Å². The first kappa shape index (κ1) is 14.6. The molecule has 21 heavy (non-hydrogen) atoms. The van der Waals surface area contributed by atoms with Gasteiger partial charge in [-0.05, 0) is 55.0 Å². The lowest BCUT2D eigenvalue weighted by Gasteiger charge is -2.32. The summed E-state index contributed by atoms with van der Waals surface area (Å²) in [4.78, 5) is 0. The number of hydrogen-bond donors (Lipinski definition) is 1. The molecule has 2 atom stereocenters. The van der Waals surface area contributed by atoms with Crippen molar-refractivity contribution < 1.29 is 9.84 Å². The maximum Gasteiger partial charge on any atom is 0.122 e. The second kappa shape index (κ2) is 5.82. The number of hydrogen-bond acceptors (Lipinski definition) is 2. The van der Waals surface area contributed by atoms with Crippen molar-refractivity contribution in [2.45, 2.75) is 31.3 Å². The van der Waals surface area contributed by atoms with E-state index in [1.165, 1.54) is 5.56 Å². The molecule has 0 radical (unpaired) electrons. The molecule has 1 aliphatic heterocycles. The number of aliphatic hydroxyl groups is 1. The van der Waals surface area contributed by atoms with Crippen molar-refractivity contribution in [3.63, 3.8) is 0 Å². The molecule has 1 N–H and O–H groups in total. The molecule has 0 saturated heterocycles. The summed E-state index contributed by atoms with van der Waals surface area (Å²) in [6.07, 6.45) is 1.65. The summed E-state index contributed by atoms with van der Waals surface area (Å²) in [5.74, 6) is 1.29. The Kier molecular flexibility index (Phi) is 4.05. The molecule has 1 aliphatic rings. The molecule has 0 bridgehead atoms. The van der Waals surface area contributed by atoms with Crippen LogP contribution in [0.3, 0.4) is 0 Å². The van der Waals surface area contributed by atoms with E-state index < -0.39 is 5.60 Å². The molecular weight excluding hydrogens is 328 g/mol. The van der Waals surface area contributed by atoms with Crippen LogP contribution in [0.15, 0.2) is 53.0 Å². The van der Waals surface area contributed by atoms with Crippen molar-refractivity contribution >= 4 is 15.9 Å². The number of para-hydroxylation sites is 1. The van der Waals surface area contributed by atoms with Crippen LogP contribution in [0, 0.1) is 0 Å². The third-order valence-electron chi connectivity index (χ3n) is 4.19. The summed E-state index contributed by atoms with van der Waals surface area (Å²) >= 11 is 3.43. The van der Waals surface area contributed by atoms with Crippen LogP contribution in [0.1, 0.15) is 36.8 Å². The second-order valence-corrected chi connectivity index (χ2v) is 6.77. The Bertz CT molecular complexity index is 619.